The second-order valence-electron chi connectivity index (χ2n) is 4.70. The van der Waals surface area contributed by atoms with Gasteiger partial charge in [0.15, 0.2) is 0 Å². The van der Waals surface area contributed by atoms with Crippen LogP contribution in [0.25, 0.3) is 0 Å². The van der Waals surface area contributed by atoms with Gasteiger partial charge in [-0.1, -0.05) is 0 Å². The van der Waals surface area contributed by atoms with E-state index in [2.05, 4.69) is 20.2 Å². The Hall–Kier alpha value is -1.36. The highest BCUT2D eigenvalue weighted by atomic mass is 16.5. The maximum absolute atomic E-state index is 5.47. The third-order valence-corrected chi connectivity index (χ3v) is 3.20. The number of anilines is 1. The first kappa shape index (κ1) is 13.1. The summed E-state index contributed by atoms with van der Waals surface area (Å²) in [6.45, 7) is 7.71. The Morgan fingerprint density at radius 3 is 3.06 bits per heavy atom. The number of ether oxygens (including phenoxy) is 1. The molecule has 100 valence electrons. The van der Waals surface area contributed by atoms with E-state index < -0.39 is 0 Å². The van der Waals surface area contributed by atoms with Gasteiger partial charge in [-0.05, 0) is 39.8 Å². The van der Waals surface area contributed by atoms with E-state index in [-0.39, 0.29) is 0 Å². The molecule has 1 N–H and O–H groups in total. The van der Waals surface area contributed by atoms with Crippen LogP contribution in [0, 0.1) is 12.8 Å². The molecule has 0 spiro atoms. The summed E-state index contributed by atoms with van der Waals surface area (Å²) in [5.41, 5.74) is 0. The summed E-state index contributed by atoms with van der Waals surface area (Å²) in [7, 11) is 2.00. The van der Waals surface area contributed by atoms with Crippen LogP contribution in [0.4, 0.5) is 5.82 Å². The quantitative estimate of drug-likeness (QED) is 0.852. The van der Waals surface area contributed by atoms with Crippen LogP contribution in [0.3, 0.4) is 0 Å². The van der Waals surface area contributed by atoms with E-state index in [4.69, 9.17) is 4.74 Å². The lowest BCUT2D eigenvalue weighted by atomic mass is 10.1. The topological polar surface area (TPSA) is 50.3 Å². The number of nitrogens with one attached hydrogen (secondary N) is 1. The molecule has 1 aromatic heterocycles. The minimum absolute atomic E-state index is 0.637. The van der Waals surface area contributed by atoms with Crippen molar-refractivity contribution in [2.24, 2.45) is 5.92 Å². The average molecular weight is 250 g/mol. The third kappa shape index (κ3) is 3.10. The molecule has 0 amide bonds. The Balaban J connectivity index is 2.08. The minimum Gasteiger partial charge on any atom is -0.478 e. The summed E-state index contributed by atoms with van der Waals surface area (Å²) in [6, 6.07) is 1.94. The van der Waals surface area contributed by atoms with Crippen LogP contribution in [0.2, 0.25) is 0 Å². The molecule has 0 saturated carbocycles. The molecule has 1 saturated heterocycles. The summed E-state index contributed by atoms with van der Waals surface area (Å²) < 4.78 is 5.47. The molecule has 0 radical (unpaired) electrons. The predicted molar refractivity (Wildman–Crippen MR) is 72.2 cm³/mol. The molecule has 0 aromatic carbocycles. The zero-order valence-electron chi connectivity index (χ0n) is 11.4. The van der Waals surface area contributed by atoms with E-state index in [9.17, 15) is 0 Å². The molecule has 1 unspecified atom stereocenters. The van der Waals surface area contributed by atoms with Crippen LogP contribution < -0.4 is 15.0 Å². The van der Waals surface area contributed by atoms with E-state index in [0.717, 1.165) is 31.3 Å². The van der Waals surface area contributed by atoms with E-state index in [1.165, 1.54) is 6.42 Å². The number of aryl methyl sites for hydroxylation is 1. The summed E-state index contributed by atoms with van der Waals surface area (Å²) in [5.74, 6) is 3.15. The van der Waals surface area contributed by atoms with Gasteiger partial charge in [-0.15, -0.1) is 0 Å². The maximum atomic E-state index is 5.47. The van der Waals surface area contributed by atoms with Crippen LogP contribution in [0.1, 0.15) is 19.2 Å². The molecule has 1 aliphatic heterocycles. The molecule has 2 heterocycles. The first-order valence-electron chi connectivity index (χ1n) is 6.61. The smallest absolute Gasteiger partial charge is 0.218 e. The molecule has 1 atom stereocenters. The first-order chi connectivity index (χ1) is 8.72. The van der Waals surface area contributed by atoms with Gasteiger partial charge in [-0.25, -0.2) is 4.98 Å². The molecule has 0 bridgehead atoms. The lowest BCUT2D eigenvalue weighted by molar-refractivity contribution is 0.325. The number of hydrogen-bond acceptors (Lipinski definition) is 5. The highest BCUT2D eigenvalue weighted by Crippen LogP contribution is 2.24. The van der Waals surface area contributed by atoms with Gasteiger partial charge in [-0.2, -0.15) is 4.98 Å². The highest BCUT2D eigenvalue weighted by molar-refractivity contribution is 5.42. The van der Waals surface area contributed by atoms with E-state index >= 15 is 0 Å². The van der Waals surface area contributed by atoms with Crippen LogP contribution >= 0.6 is 0 Å². The van der Waals surface area contributed by atoms with Crippen molar-refractivity contribution in [3.63, 3.8) is 0 Å². The zero-order valence-corrected chi connectivity index (χ0v) is 11.4. The van der Waals surface area contributed by atoms with Crippen molar-refractivity contribution < 1.29 is 4.74 Å². The van der Waals surface area contributed by atoms with Gasteiger partial charge in [-0.3, -0.25) is 0 Å². The Bertz CT molecular complexity index is 397. The number of rotatable bonds is 5. The molecular weight excluding hydrogens is 228 g/mol. The van der Waals surface area contributed by atoms with Crippen LogP contribution in [-0.2, 0) is 0 Å². The normalized spacial score (nSPS) is 19.3. The van der Waals surface area contributed by atoms with E-state index in [1.54, 1.807) is 0 Å². The van der Waals surface area contributed by atoms with Gasteiger partial charge >= 0.3 is 0 Å². The fourth-order valence-corrected chi connectivity index (χ4v) is 2.41. The lowest BCUT2D eigenvalue weighted by Gasteiger charge is -2.18. The largest absolute Gasteiger partial charge is 0.478 e. The highest BCUT2D eigenvalue weighted by Gasteiger charge is 2.23. The monoisotopic (exact) mass is 250 g/mol. The van der Waals surface area contributed by atoms with E-state index in [1.807, 2.05) is 27.0 Å². The van der Waals surface area contributed by atoms with Gasteiger partial charge in [0.2, 0.25) is 5.88 Å². The first-order valence-corrected chi connectivity index (χ1v) is 6.61. The van der Waals surface area contributed by atoms with Crippen molar-refractivity contribution in [2.75, 3.05) is 38.2 Å². The van der Waals surface area contributed by atoms with Crippen molar-refractivity contribution in [1.29, 1.82) is 0 Å². The second-order valence-corrected chi connectivity index (χ2v) is 4.70. The second kappa shape index (κ2) is 6.00. The standard InChI is InChI=1S/C13H22N4O/c1-4-18-13-7-12(15-10(2)16-13)17-6-5-11(9-17)8-14-3/h7,11,14H,4-6,8-9H2,1-3H3. The summed E-state index contributed by atoms with van der Waals surface area (Å²) >= 11 is 0. The zero-order chi connectivity index (χ0) is 13.0. The lowest BCUT2D eigenvalue weighted by Crippen LogP contribution is -2.25. The Kier molecular flexibility index (Phi) is 4.36. The summed E-state index contributed by atoms with van der Waals surface area (Å²) in [6.07, 6.45) is 1.22. The molecule has 1 aliphatic rings. The van der Waals surface area contributed by atoms with Crippen molar-refractivity contribution in [3.05, 3.63) is 11.9 Å². The average Bonchev–Trinajstić information content (AvgIpc) is 2.78. The van der Waals surface area contributed by atoms with Crippen LogP contribution in [-0.4, -0.2) is 43.3 Å². The Morgan fingerprint density at radius 1 is 1.50 bits per heavy atom. The van der Waals surface area contributed by atoms with Crippen molar-refractivity contribution in [3.8, 4) is 5.88 Å². The SMILES string of the molecule is CCOc1cc(N2CCC(CNC)C2)nc(C)n1. The summed E-state index contributed by atoms with van der Waals surface area (Å²) in [5, 5.41) is 3.24. The maximum Gasteiger partial charge on any atom is 0.218 e. The molecule has 0 aliphatic carbocycles. The fraction of sp³-hybridized carbons (Fsp3) is 0.692. The van der Waals surface area contributed by atoms with Gasteiger partial charge in [0.05, 0.1) is 6.61 Å². The van der Waals surface area contributed by atoms with Gasteiger partial charge in [0, 0.05) is 19.2 Å². The van der Waals surface area contributed by atoms with Crippen molar-refractivity contribution >= 4 is 5.82 Å². The van der Waals surface area contributed by atoms with Crippen LogP contribution in [0.15, 0.2) is 6.07 Å². The minimum atomic E-state index is 0.637. The molecule has 1 fully saturated rings. The molecular formula is C13H22N4O. The summed E-state index contributed by atoms with van der Waals surface area (Å²) in [4.78, 5) is 11.1. The third-order valence-electron chi connectivity index (χ3n) is 3.20. The Labute approximate surface area is 109 Å². The number of nitrogens with zero attached hydrogens (tertiary/aromatic N) is 3. The van der Waals surface area contributed by atoms with Gasteiger partial charge < -0.3 is 15.0 Å². The molecule has 1 aromatic rings. The van der Waals surface area contributed by atoms with Gasteiger partial charge in [0.1, 0.15) is 11.6 Å². The molecule has 5 heteroatoms. The predicted octanol–water partition coefficient (Wildman–Crippen LogP) is 1.23. The fourth-order valence-electron chi connectivity index (χ4n) is 2.41. The number of hydrogen-bond donors (Lipinski definition) is 1. The van der Waals surface area contributed by atoms with Crippen molar-refractivity contribution in [1.82, 2.24) is 15.3 Å². The molecule has 18 heavy (non-hydrogen) atoms. The van der Waals surface area contributed by atoms with E-state index in [0.29, 0.717) is 18.4 Å². The van der Waals surface area contributed by atoms with Crippen molar-refractivity contribution in [2.45, 2.75) is 20.3 Å². The molecule has 5 nitrogen and oxygen atoms in total. The molecule has 2 rings (SSSR count). The Morgan fingerprint density at radius 2 is 2.33 bits per heavy atom. The van der Waals surface area contributed by atoms with Crippen LogP contribution in [0.5, 0.6) is 5.88 Å². The van der Waals surface area contributed by atoms with Gasteiger partial charge in [0.25, 0.3) is 0 Å². The number of aromatic nitrogens is 2.